The molecular weight excluding hydrogens is 300 g/mol. The molecule has 0 radical (unpaired) electrons. The zero-order valence-corrected chi connectivity index (χ0v) is 13.5. The van der Waals surface area contributed by atoms with Crippen molar-refractivity contribution in [1.29, 1.82) is 0 Å². The van der Waals surface area contributed by atoms with Crippen molar-refractivity contribution < 1.29 is 0 Å². The minimum Gasteiger partial charge on any atom is -0.315 e. The maximum absolute atomic E-state index is 3.66. The second-order valence-electron chi connectivity index (χ2n) is 5.42. The fraction of sp³-hybridized carbons (Fsp3) is 0.625. The summed E-state index contributed by atoms with van der Waals surface area (Å²) in [5, 5.41) is 3.58. The van der Waals surface area contributed by atoms with Gasteiger partial charge in [-0.25, -0.2) is 0 Å². The van der Waals surface area contributed by atoms with E-state index in [1.807, 2.05) is 0 Å². The number of likely N-dealkylation sites (tertiary alicyclic amines) is 1. The number of halogens is 1. The maximum atomic E-state index is 3.66. The van der Waals surface area contributed by atoms with E-state index in [-0.39, 0.29) is 0 Å². The van der Waals surface area contributed by atoms with Gasteiger partial charge in [0.15, 0.2) is 0 Å². The second-order valence-corrected chi connectivity index (χ2v) is 6.27. The van der Waals surface area contributed by atoms with Crippen LogP contribution in [0.3, 0.4) is 0 Å². The Kier molecular flexibility index (Phi) is 6.35. The summed E-state index contributed by atoms with van der Waals surface area (Å²) in [6, 6.07) is 9.30. The summed E-state index contributed by atoms with van der Waals surface area (Å²) in [4.78, 5) is 2.65. The molecule has 2 nitrogen and oxygen atoms in total. The molecule has 1 aliphatic rings. The first-order chi connectivity index (χ1) is 9.31. The molecule has 1 aliphatic heterocycles. The normalized spacial score (nSPS) is 20.6. The first-order valence-electron chi connectivity index (χ1n) is 7.49. The maximum Gasteiger partial charge on any atom is 0.0248 e. The van der Waals surface area contributed by atoms with E-state index >= 15 is 0 Å². The number of hydrogen-bond acceptors (Lipinski definition) is 2. The van der Waals surface area contributed by atoms with Gasteiger partial charge in [0.05, 0.1) is 0 Å². The fourth-order valence-corrected chi connectivity index (χ4v) is 3.20. The van der Waals surface area contributed by atoms with Crippen LogP contribution in [0.15, 0.2) is 28.7 Å². The van der Waals surface area contributed by atoms with E-state index in [2.05, 4.69) is 57.3 Å². The van der Waals surface area contributed by atoms with Gasteiger partial charge in [0.1, 0.15) is 0 Å². The molecule has 1 N–H and O–H groups in total. The molecule has 0 aliphatic carbocycles. The highest BCUT2D eigenvalue weighted by atomic mass is 79.9. The van der Waals surface area contributed by atoms with Gasteiger partial charge < -0.3 is 5.32 Å². The highest BCUT2D eigenvalue weighted by molar-refractivity contribution is 9.10. The summed E-state index contributed by atoms with van der Waals surface area (Å²) in [6.45, 7) is 6.81. The van der Waals surface area contributed by atoms with Crippen LogP contribution in [0.1, 0.15) is 38.2 Å². The van der Waals surface area contributed by atoms with Crippen molar-refractivity contribution in [3.05, 3.63) is 34.3 Å². The van der Waals surface area contributed by atoms with E-state index in [4.69, 9.17) is 0 Å². The fourth-order valence-electron chi connectivity index (χ4n) is 2.79. The summed E-state index contributed by atoms with van der Waals surface area (Å²) in [5.41, 5.74) is 1.41. The molecule has 0 bridgehead atoms. The number of benzene rings is 1. The molecule has 1 heterocycles. The lowest BCUT2D eigenvalue weighted by Gasteiger charge is -2.36. The van der Waals surface area contributed by atoms with Crippen LogP contribution in [0.5, 0.6) is 0 Å². The third kappa shape index (κ3) is 4.59. The molecule has 1 saturated heterocycles. The topological polar surface area (TPSA) is 15.3 Å². The van der Waals surface area contributed by atoms with Crippen LogP contribution in [0.4, 0.5) is 0 Å². The first-order valence-corrected chi connectivity index (χ1v) is 8.28. The average molecular weight is 325 g/mol. The second kappa shape index (κ2) is 8.03. The molecule has 1 unspecified atom stereocenters. The average Bonchev–Trinajstić information content (AvgIpc) is 2.43. The Balaban J connectivity index is 1.93. The van der Waals surface area contributed by atoms with E-state index in [0.29, 0.717) is 6.04 Å². The van der Waals surface area contributed by atoms with E-state index in [0.717, 1.165) is 19.6 Å². The van der Waals surface area contributed by atoms with Crippen LogP contribution in [0, 0.1) is 0 Å². The van der Waals surface area contributed by atoms with Gasteiger partial charge in [-0.15, -0.1) is 0 Å². The van der Waals surface area contributed by atoms with Gasteiger partial charge in [0.25, 0.3) is 0 Å². The van der Waals surface area contributed by atoms with Crippen LogP contribution in [0.25, 0.3) is 0 Å². The third-order valence-corrected chi connectivity index (χ3v) is 4.66. The molecule has 2 rings (SSSR count). The van der Waals surface area contributed by atoms with Crippen molar-refractivity contribution in [2.75, 3.05) is 19.6 Å². The summed E-state index contributed by atoms with van der Waals surface area (Å²) in [7, 11) is 0. The molecule has 0 spiro atoms. The Morgan fingerprint density at radius 2 is 2.16 bits per heavy atom. The molecule has 1 atom stereocenters. The van der Waals surface area contributed by atoms with Gasteiger partial charge in [0, 0.05) is 23.6 Å². The Labute approximate surface area is 125 Å². The van der Waals surface area contributed by atoms with Crippen molar-refractivity contribution in [2.45, 2.75) is 45.2 Å². The van der Waals surface area contributed by atoms with E-state index in [1.54, 1.807) is 0 Å². The van der Waals surface area contributed by atoms with E-state index in [9.17, 15) is 0 Å². The van der Waals surface area contributed by atoms with Crippen LogP contribution >= 0.6 is 15.9 Å². The van der Waals surface area contributed by atoms with Gasteiger partial charge in [-0.1, -0.05) is 47.5 Å². The van der Waals surface area contributed by atoms with E-state index in [1.165, 1.54) is 42.3 Å². The molecule has 0 aromatic heterocycles. The number of piperidine rings is 1. The largest absolute Gasteiger partial charge is 0.315 e. The zero-order valence-electron chi connectivity index (χ0n) is 11.9. The number of rotatable bonds is 6. The number of hydrogen-bond donors (Lipinski definition) is 1. The lowest BCUT2D eigenvalue weighted by atomic mass is 10.0. The van der Waals surface area contributed by atoms with Crippen molar-refractivity contribution in [1.82, 2.24) is 10.2 Å². The third-order valence-electron chi connectivity index (χ3n) is 3.89. The van der Waals surface area contributed by atoms with Crippen LogP contribution in [0.2, 0.25) is 0 Å². The predicted molar refractivity (Wildman–Crippen MR) is 85.4 cm³/mol. The highest BCUT2D eigenvalue weighted by Gasteiger charge is 2.22. The Hall–Kier alpha value is -0.380. The Morgan fingerprint density at radius 1 is 1.32 bits per heavy atom. The summed E-state index contributed by atoms with van der Waals surface area (Å²) in [5.74, 6) is 0. The molecule has 1 aromatic carbocycles. The minimum absolute atomic E-state index is 0.701. The van der Waals surface area contributed by atoms with Gasteiger partial charge in [-0.3, -0.25) is 4.90 Å². The standard InChI is InChI=1S/C16H25BrN2/c1-2-10-18-12-15-8-5-6-11-19(15)13-14-7-3-4-9-16(14)17/h3-4,7,9,15,18H,2,5-6,8,10-13H2,1H3. The molecule has 3 heteroatoms. The van der Waals surface area contributed by atoms with Crippen molar-refractivity contribution in [2.24, 2.45) is 0 Å². The lowest BCUT2D eigenvalue weighted by molar-refractivity contribution is 0.137. The lowest BCUT2D eigenvalue weighted by Crippen LogP contribution is -2.45. The quantitative estimate of drug-likeness (QED) is 0.800. The minimum atomic E-state index is 0.701. The number of nitrogens with zero attached hydrogens (tertiary/aromatic N) is 1. The summed E-state index contributed by atoms with van der Waals surface area (Å²) >= 11 is 3.66. The smallest absolute Gasteiger partial charge is 0.0248 e. The van der Waals surface area contributed by atoms with Gasteiger partial charge in [0.2, 0.25) is 0 Å². The van der Waals surface area contributed by atoms with Crippen molar-refractivity contribution in [3.8, 4) is 0 Å². The summed E-state index contributed by atoms with van der Waals surface area (Å²) in [6.07, 6.45) is 5.28. The molecule has 1 fully saturated rings. The number of nitrogens with one attached hydrogen (secondary N) is 1. The molecule has 106 valence electrons. The monoisotopic (exact) mass is 324 g/mol. The Morgan fingerprint density at radius 3 is 2.95 bits per heavy atom. The zero-order chi connectivity index (χ0) is 13.5. The SMILES string of the molecule is CCCNCC1CCCCN1Cc1ccccc1Br. The first kappa shape index (κ1) is 15.0. The van der Waals surface area contributed by atoms with Gasteiger partial charge in [-0.2, -0.15) is 0 Å². The Bertz CT molecular complexity index is 381. The van der Waals surface area contributed by atoms with Crippen LogP contribution in [-0.2, 0) is 6.54 Å². The molecule has 0 amide bonds. The predicted octanol–water partition coefficient (Wildman–Crippen LogP) is 3.80. The summed E-state index contributed by atoms with van der Waals surface area (Å²) < 4.78 is 1.24. The van der Waals surface area contributed by atoms with Crippen molar-refractivity contribution in [3.63, 3.8) is 0 Å². The molecular formula is C16H25BrN2. The van der Waals surface area contributed by atoms with Crippen molar-refractivity contribution >= 4 is 15.9 Å². The van der Waals surface area contributed by atoms with Gasteiger partial charge >= 0.3 is 0 Å². The molecule has 19 heavy (non-hydrogen) atoms. The molecule has 0 saturated carbocycles. The highest BCUT2D eigenvalue weighted by Crippen LogP contribution is 2.23. The van der Waals surface area contributed by atoms with E-state index < -0.39 is 0 Å². The molecule has 1 aromatic rings. The van der Waals surface area contributed by atoms with Crippen LogP contribution in [-0.4, -0.2) is 30.6 Å². The van der Waals surface area contributed by atoms with Gasteiger partial charge in [-0.05, 0) is 44.0 Å². The van der Waals surface area contributed by atoms with Crippen LogP contribution < -0.4 is 5.32 Å².